The molecule has 1 saturated carbocycles. The van der Waals surface area contributed by atoms with Crippen molar-refractivity contribution >= 4 is 49.3 Å². The van der Waals surface area contributed by atoms with Crippen LogP contribution in [0, 0.1) is 0 Å². The number of ether oxygens (including phenoxy) is 1. The zero-order valence-corrected chi connectivity index (χ0v) is 25.3. The smallest absolute Gasteiger partial charge is 0.242 e. The summed E-state index contributed by atoms with van der Waals surface area (Å²) in [5.74, 6) is 0.635. The van der Waals surface area contributed by atoms with E-state index in [-0.39, 0.29) is 5.91 Å². The van der Waals surface area contributed by atoms with E-state index in [1.165, 1.54) is 48.7 Å². The minimum Gasteiger partial charge on any atom is -0.398 e. The quantitative estimate of drug-likeness (QED) is 0.203. The van der Waals surface area contributed by atoms with E-state index < -0.39 is 0 Å². The molecule has 3 aromatic carbocycles. The summed E-state index contributed by atoms with van der Waals surface area (Å²) < 4.78 is 8.67. The number of amides is 1. The highest BCUT2D eigenvalue weighted by molar-refractivity contribution is 9.10. The fourth-order valence-electron chi connectivity index (χ4n) is 6.78. The molecule has 2 aromatic heterocycles. The van der Waals surface area contributed by atoms with Gasteiger partial charge in [0.1, 0.15) is 6.54 Å². The monoisotopic (exact) mass is 622 g/mol. The number of rotatable bonds is 5. The molecular formula is C35H35BrN4O2. The van der Waals surface area contributed by atoms with Crippen molar-refractivity contribution in [3.63, 3.8) is 0 Å². The standard InChI is InChI=1S/C35H35BrN4O2/c36-28-21-25(10-13-29(28)37)31-14-11-24-20-26(12-15-30(24)38-31)35-34(23-6-2-1-3-7-23)27-8-4-5-9-32(27)40(35)22-33(41)39-16-18-42-19-17-39/h4-5,8-15,20-21,23H,1-3,6-7,16-19,22,37H2. The Hall–Kier alpha value is -3.68. The van der Waals surface area contributed by atoms with Gasteiger partial charge in [0.25, 0.3) is 0 Å². The Balaban J connectivity index is 1.36. The van der Waals surface area contributed by atoms with Crippen molar-refractivity contribution in [2.24, 2.45) is 0 Å². The van der Waals surface area contributed by atoms with Crippen molar-refractivity contribution in [2.75, 3.05) is 32.0 Å². The number of nitrogen functional groups attached to an aromatic ring is 1. The second-order valence-electron chi connectivity index (χ2n) is 11.5. The largest absolute Gasteiger partial charge is 0.398 e. The molecule has 5 aromatic rings. The van der Waals surface area contributed by atoms with Gasteiger partial charge in [0.2, 0.25) is 5.91 Å². The number of morpholine rings is 1. The summed E-state index contributed by atoms with van der Waals surface area (Å²) >= 11 is 3.54. The molecule has 2 N–H and O–H groups in total. The van der Waals surface area contributed by atoms with Crippen LogP contribution in [-0.4, -0.2) is 46.7 Å². The van der Waals surface area contributed by atoms with Gasteiger partial charge < -0.3 is 19.9 Å². The van der Waals surface area contributed by atoms with Crippen LogP contribution in [-0.2, 0) is 16.1 Å². The molecule has 42 heavy (non-hydrogen) atoms. The minimum absolute atomic E-state index is 0.150. The van der Waals surface area contributed by atoms with Crippen molar-refractivity contribution in [3.8, 4) is 22.5 Å². The topological polar surface area (TPSA) is 73.4 Å². The molecule has 0 atom stereocenters. The van der Waals surface area contributed by atoms with Gasteiger partial charge in [0.15, 0.2) is 0 Å². The zero-order chi connectivity index (χ0) is 28.6. The maximum absolute atomic E-state index is 13.6. The van der Waals surface area contributed by atoms with Crippen LogP contribution in [0.2, 0.25) is 0 Å². The van der Waals surface area contributed by atoms with E-state index in [1.807, 2.05) is 23.1 Å². The molecule has 1 aliphatic heterocycles. The number of carbonyl (C=O) groups excluding carboxylic acids is 1. The number of anilines is 1. The van der Waals surface area contributed by atoms with Gasteiger partial charge in [-0.15, -0.1) is 0 Å². The fraction of sp³-hybridized carbons (Fsp3) is 0.314. The molecule has 7 rings (SSSR count). The van der Waals surface area contributed by atoms with Gasteiger partial charge in [-0.05, 0) is 82.2 Å². The molecule has 0 spiro atoms. The number of hydrogen-bond donors (Lipinski definition) is 1. The van der Waals surface area contributed by atoms with Crippen LogP contribution in [0.5, 0.6) is 0 Å². The molecule has 214 valence electrons. The Morgan fingerprint density at radius 3 is 2.52 bits per heavy atom. The third kappa shape index (κ3) is 5.09. The first-order valence-corrected chi connectivity index (χ1v) is 15.8. The van der Waals surface area contributed by atoms with Crippen molar-refractivity contribution in [2.45, 2.75) is 44.6 Å². The molecule has 2 aliphatic rings. The molecule has 6 nitrogen and oxygen atoms in total. The van der Waals surface area contributed by atoms with E-state index in [0.717, 1.165) is 37.7 Å². The maximum atomic E-state index is 13.6. The van der Waals surface area contributed by atoms with E-state index in [1.54, 1.807) is 0 Å². The van der Waals surface area contributed by atoms with E-state index >= 15 is 0 Å². The third-order valence-corrected chi connectivity index (χ3v) is 9.63. The van der Waals surface area contributed by atoms with E-state index in [2.05, 4.69) is 75.1 Å². The molecule has 1 saturated heterocycles. The summed E-state index contributed by atoms with van der Waals surface area (Å²) in [5, 5.41) is 2.35. The Morgan fingerprint density at radius 2 is 1.71 bits per heavy atom. The molecule has 0 radical (unpaired) electrons. The third-order valence-electron chi connectivity index (χ3n) is 8.94. The number of para-hydroxylation sites is 1. The van der Waals surface area contributed by atoms with Crippen LogP contribution < -0.4 is 5.73 Å². The lowest BCUT2D eigenvalue weighted by Gasteiger charge is -2.28. The number of aromatic nitrogens is 2. The second kappa shape index (κ2) is 11.5. The molecule has 1 amide bonds. The summed E-state index contributed by atoms with van der Waals surface area (Å²) in [7, 11) is 0. The van der Waals surface area contributed by atoms with Crippen LogP contribution in [0.3, 0.4) is 0 Å². The number of hydrogen-bond acceptors (Lipinski definition) is 4. The second-order valence-corrected chi connectivity index (χ2v) is 12.4. The predicted octanol–water partition coefficient (Wildman–Crippen LogP) is 7.77. The Bertz CT molecular complexity index is 1780. The lowest BCUT2D eigenvalue weighted by molar-refractivity contribution is -0.135. The molecular weight excluding hydrogens is 588 g/mol. The lowest BCUT2D eigenvalue weighted by atomic mass is 9.82. The summed E-state index contributed by atoms with van der Waals surface area (Å²) in [6, 6.07) is 25.4. The molecule has 1 aliphatic carbocycles. The first-order chi connectivity index (χ1) is 20.6. The first kappa shape index (κ1) is 27.2. The van der Waals surface area contributed by atoms with Crippen LogP contribution in [0.1, 0.15) is 43.6 Å². The fourth-order valence-corrected chi connectivity index (χ4v) is 7.16. The van der Waals surface area contributed by atoms with Gasteiger partial charge in [-0.25, -0.2) is 4.98 Å². The number of pyridine rings is 1. The van der Waals surface area contributed by atoms with Crippen LogP contribution >= 0.6 is 15.9 Å². The van der Waals surface area contributed by atoms with E-state index in [4.69, 9.17) is 15.5 Å². The van der Waals surface area contributed by atoms with Gasteiger partial charge >= 0.3 is 0 Å². The number of carbonyl (C=O) groups is 1. The highest BCUT2D eigenvalue weighted by Crippen LogP contribution is 2.44. The first-order valence-electron chi connectivity index (χ1n) is 15.0. The van der Waals surface area contributed by atoms with Gasteiger partial charge in [-0.3, -0.25) is 4.79 Å². The number of fused-ring (bicyclic) bond motifs is 2. The van der Waals surface area contributed by atoms with Crippen LogP contribution in [0.4, 0.5) is 5.69 Å². The number of nitrogens with zero attached hydrogens (tertiary/aromatic N) is 3. The summed E-state index contributed by atoms with van der Waals surface area (Å²) in [6.45, 7) is 2.83. The lowest BCUT2D eigenvalue weighted by Crippen LogP contribution is -2.42. The highest BCUT2D eigenvalue weighted by atomic mass is 79.9. The Labute approximate surface area is 254 Å². The molecule has 0 bridgehead atoms. The van der Waals surface area contributed by atoms with E-state index in [0.29, 0.717) is 44.5 Å². The van der Waals surface area contributed by atoms with Crippen LogP contribution in [0.25, 0.3) is 44.3 Å². The summed E-state index contributed by atoms with van der Waals surface area (Å²) in [6.07, 6.45) is 6.18. The molecule has 3 heterocycles. The molecule has 7 heteroatoms. The average Bonchev–Trinajstić information content (AvgIpc) is 3.36. The van der Waals surface area contributed by atoms with Gasteiger partial charge in [-0.2, -0.15) is 0 Å². The molecule has 0 unspecified atom stereocenters. The Kier molecular flexibility index (Phi) is 7.46. The zero-order valence-electron chi connectivity index (χ0n) is 23.7. The number of halogens is 1. The predicted molar refractivity (Wildman–Crippen MR) is 173 cm³/mol. The maximum Gasteiger partial charge on any atom is 0.242 e. The highest BCUT2D eigenvalue weighted by Gasteiger charge is 2.28. The number of nitrogens with two attached hydrogens (primary N) is 1. The van der Waals surface area contributed by atoms with Gasteiger partial charge in [0.05, 0.1) is 30.1 Å². The van der Waals surface area contributed by atoms with Crippen molar-refractivity contribution < 1.29 is 9.53 Å². The van der Waals surface area contributed by atoms with Crippen molar-refractivity contribution in [1.29, 1.82) is 0 Å². The Morgan fingerprint density at radius 1 is 0.929 bits per heavy atom. The van der Waals surface area contributed by atoms with Gasteiger partial charge in [-0.1, -0.05) is 55.7 Å². The van der Waals surface area contributed by atoms with E-state index in [9.17, 15) is 4.79 Å². The van der Waals surface area contributed by atoms with Crippen molar-refractivity contribution in [1.82, 2.24) is 14.5 Å². The minimum atomic E-state index is 0.150. The number of benzene rings is 3. The summed E-state index contributed by atoms with van der Waals surface area (Å²) in [5.41, 5.74) is 14.4. The van der Waals surface area contributed by atoms with Crippen molar-refractivity contribution in [3.05, 3.63) is 82.8 Å². The molecule has 2 fully saturated rings. The average molecular weight is 624 g/mol. The summed E-state index contributed by atoms with van der Waals surface area (Å²) in [4.78, 5) is 20.6. The van der Waals surface area contributed by atoms with Gasteiger partial charge in [0, 0.05) is 45.1 Å². The van der Waals surface area contributed by atoms with Crippen LogP contribution in [0.15, 0.2) is 77.3 Å². The normalized spacial score (nSPS) is 16.4. The SMILES string of the molecule is Nc1ccc(-c2ccc3cc(-c4c(C5CCCCC5)c5ccccc5n4CC(=O)N4CCOCC4)ccc3n2)cc1Br.